The maximum Gasteiger partial charge on any atom is 0.182 e. The predicted octanol–water partition coefficient (Wildman–Crippen LogP) is 2.76. The summed E-state index contributed by atoms with van der Waals surface area (Å²) in [5.41, 5.74) is 0. The lowest BCUT2D eigenvalue weighted by molar-refractivity contribution is 0.352. The first-order valence-electron chi connectivity index (χ1n) is 5.62. The topological polar surface area (TPSA) is 28.2 Å². The molecule has 0 unspecified atom stereocenters. The van der Waals surface area contributed by atoms with Gasteiger partial charge >= 0.3 is 0 Å². The minimum absolute atomic E-state index is 1.01. The van der Waals surface area contributed by atoms with Gasteiger partial charge in [-0.05, 0) is 19.7 Å². The van der Waals surface area contributed by atoms with Crippen molar-refractivity contribution in [2.45, 2.75) is 19.9 Å². The Morgan fingerprint density at radius 3 is 3.06 bits per heavy atom. The van der Waals surface area contributed by atoms with Crippen molar-refractivity contribution in [2.75, 3.05) is 37.5 Å². The molecule has 92 valence electrons. The summed E-state index contributed by atoms with van der Waals surface area (Å²) in [6.45, 7) is 5.32. The highest BCUT2D eigenvalue weighted by atomic mass is 32.2. The highest BCUT2D eigenvalue weighted by molar-refractivity contribution is 7.98. The first-order chi connectivity index (χ1) is 7.76. The molecule has 5 heteroatoms. The number of thiazole rings is 1. The van der Waals surface area contributed by atoms with Crippen LogP contribution in [0.3, 0.4) is 0 Å². The van der Waals surface area contributed by atoms with Gasteiger partial charge in [-0.3, -0.25) is 0 Å². The van der Waals surface area contributed by atoms with E-state index in [-0.39, 0.29) is 0 Å². The number of nitrogens with zero attached hydrogens (tertiary/aromatic N) is 2. The van der Waals surface area contributed by atoms with Gasteiger partial charge in [-0.2, -0.15) is 11.8 Å². The van der Waals surface area contributed by atoms with Gasteiger partial charge in [-0.25, -0.2) is 4.98 Å². The van der Waals surface area contributed by atoms with Crippen LogP contribution in [0.4, 0.5) is 5.13 Å². The van der Waals surface area contributed by atoms with Crippen molar-refractivity contribution in [3.63, 3.8) is 0 Å². The largest absolute Gasteiger partial charge is 0.362 e. The Kier molecular flexibility index (Phi) is 6.84. The molecular weight excluding hydrogens is 238 g/mol. The fraction of sp³-hybridized carbons (Fsp3) is 0.727. The highest BCUT2D eigenvalue weighted by Gasteiger charge is 2.04. The zero-order valence-corrected chi connectivity index (χ0v) is 12.0. The second-order valence-corrected chi connectivity index (χ2v) is 5.89. The molecule has 0 aromatic carbocycles. The molecule has 0 radical (unpaired) electrons. The van der Waals surface area contributed by atoms with Gasteiger partial charge in [-0.1, -0.05) is 6.92 Å². The summed E-state index contributed by atoms with van der Waals surface area (Å²) in [5.74, 6) is 1.19. The van der Waals surface area contributed by atoms with E-state index in [1.165, 1.54) is 10.6 Å². The zero-order valence-electron chi connectivity index (χ0n) is 10.3. The molecule has 0 aliphatic carbocycles. The lowest BCUT2D eigenvalue weighted by Gasteiger charge is -2.13. The third kappa shape index (κ3) is 5.18. The van der Waals surface area contributed by atoms with E-state index in [1.54, 1.807) is 11.3 Å². The maximum absolute atomic E-state index is 4.36. The number of thioether (sulfide) groups is 1. The van der Waals surface area contributed by atoms with E-state index < -0.39 is 0 Å². The Hall–Kier alpha value is -0.260. The van der Waals surface area contributed by atoms with E-state index in [1.807, 2.05) is 18.0 Å². The Morgan fingerprint density at radius 2 is 2.38 bits per heavy atom. The van der Waals surface area contributed by atoms with Crippen LogP contribution in [-0.4, -0.2) is 42.0 Å². The maximum atomic E-state index is 4.36. The molecule has 1 heterocycles. The second-order valence-electron chi connectivity index (χ2n) is 3.79. The van der Waals surface area contributed by atoms with Gasteiger partial charge in [0.1, 0.15) is 0 Å². The molecule has 1 aromatic rings. The minimum Gasteiger partial charge on any atom is -0.362 e. The SMILES string of the molecule is CCCNc1ncc(CN(C)CCSC)s1. The molecule has 0 aliphatic rings. The summed E-state index contributed by atoms with van der Waals surface area (Å²) in [5, 5.41) is 4.37. The van der Waals surface area contributed by atoms with Crippen LogP contribution in [0.15, 0.2) is 6.20 Å². The fourth-order valence-corrected chi connectivity index (χ4v) is 2.70. The van der Waals surface area contributed by atoms with E-state index >= 15 is 0 Å². The summed E-state index contributed by atoms with van der Waals surface area (Å²) >= 11 is 3.65. The van der Waals surface area contributed by atoms with Crippen molar-refractivity contribution in [2.24, 2.45) is 0 Å². The van der Waals surface area contributed by atoms with Crippen molar-refractivity contribution in [1.29, 1.82) is 0 Å². The molecule has 0 fully saturated rings. The molecule has 0 atom stereocenters. The summed E-state index contributed by atoms with van der Waals surface area (Å²) < 4.78 is 0. The Balaban J connectivity index is 2.33. The predicted molar refractivity (Wildman–Crippen MR) is 75.6 cm³/mol. The van der Waals surface area contributed by atoms with Gasteiger partial charge in [0.2, 0.25) is 0 Å². The lowest BCUT2D eigenvalue weighted by atomic mass is 10.5. The van der Waals surface area contributed by atoms with Crippen LogP contribution in [-0.2, 0) is 6.54 Å². The van der Waals surface area contributed by atoms with Crippen LogP contribution in [0.25, 0.3) is 0 Å². The quantitative estimate of drug-likeness (QED) is 0.777. The average Bonchev–Trinajstić information content (AvgIpc) is 2.71. The normalized spacial score (nSPS) is 11.0. The van der Waals surface area contributed by atoms with Gasteiger partial charge < -0.3 is 10.2 Å². The van der Waals surface area contributed by atoms with Crippen LogP contribution < -0.4 is 5.32 Å². The van der Waals surface area contributed by atoms with Gasteiger partial charge in [0, 0.05) is 36.5 Å². The lowest BCUT2D eigenvalue weighted by Crippen LogP contribution is -2.19. The highest BCUT2D eigenvalue weighted by Crippen LogP contribution is 2.19. The van der Waals surface area contributed by atoms with Gasteiger partial charge in [0.15, 0.2) is 5.13 Å². The van der Waals surface area contributed by atoms with E-state index in [0.717, 1.165) is 31.2 Å². The average molecular weight is 259 g/mol. The summed E-state index contributed by atoms with van der Waals surface area (Å²) in [6, 6.07) is 0. The number of rotatable bonds is 8. The number of aromatic nitrogens is 1. The number of anilines is 1. The molecule has 0 spiro atoms. The van der Waals surface area contributed by atoms with Crippen LogP contribution in [0.1, 0.15) is 18.2 Å². The first kappa shape index (κ1) is 13.8. The monoisotopic (exact) mass is 259 g/mol. The molecule has 1 N–H and O–H groups in total. The smallest absolute Gasteiger partial charge is 0.182 e. The summed E-state index contributed by atoms with van der Waals surface area (Å²) in [7, 11) is 2.16. The summed E-state index contributed by atoms with van der Waals surface area (Å²) in [6.07, 6.45) is 5.27. The molecule has 1 aromatic heterocycles. The number of hydrogen-bond donors (Lipinski definition) is 1. The standard InChI is InChI=1S/C11H21N3S2/c1-4-5-12-11-13-8-10(16-11)9-14(2)6-7-15-3/h8H,4-7,9H2,1-3H3,(H,12,13). The second kappa shape index (κ2) is 7.92. The molecule has 16 heavy (non-hydrogen) atoms. The van der Waals surface area contributed by atoms with E-state index in [2.05, 4.69) is 35.4 Å². The number of hydrogen-bond acceptors (Lipinski definition) is 5. The van der Waals surface area contributed by atoms with E-state index in [4.69, 9.17) is 0 Å². The van der Waals surface area contributed by atoms with Crippen LogP contribution >= 0.6 is 23.1 Å². The molecule has 0 saturated carbocycles. The molecular formula is C11H21N3S2. The van der Waals surface area contributed by atoms with Crippen molar-refractivity contribution >= 4 is 28.2 Å². The molecule has 3 nitrogen and oxygen atoms in total. The molecule has 0 saturated heterocycles. The van der Waals surface area contributed by atoms with E-state index in [9.17, 15) is 0 Å². The van der Waals surface area contributed by atoms with Crippen LogP contribution in [0.5, 0.6) is 0 Å². The molecule has 0 aliphatic heterocycles. The van der Waals surface area contributed by atoms with Crippen molar-refractivity contribution in [1.82, 2.24) is 9.88 Å². The van der Waals surface area contributed by atoms with Crippen molar-refractivity contribution in [3.8, 4) is 0 Å². The van der Waals surface area contributed by atoms with Crippen molar-refractivity contribution < 1.29 is 0 Å². The number of nitrogens with one attached hydrogen (secondary N) is 1. The summed E-state index contributed by atoms with van der Waals surface area (Å²) in [4.78, 5) is 8.04. The Labute approximate surface area is 107 Å². The molecule has 1 rings (SSSR count). The van der Waals surface area contributed by atoms with Crippen LogP contribution in [0, 0.1) is 0 Å². The molecule has 0 bridgehead atoms. The third-order valence-corrected chi connectivity index (χ3v) is 3.71. The fourth-order valence-electron chi connectivity index (χ4n) is 1.29. The Bertz CT molecular complexity index is 289. The third-order valence-electron chi connectivity index (χ3n) is 2.18. The Morgan fingerprint density at radius 1 is 1.56 bits per heavy atom. The van der Waals surface area contributed by atoms with Crippen LogP contribution in [0.2, 0.25) is 0 Å². The van der Waals surface area contributed by atoms with Gasteiger partial charge in [0.25, 0.3) is 0 Å². The zero-order chi connectivity index (χ0) is 11.8. The van der Waals surface area contributed by atoms with Gasteiger partial charge in [0.05, 0.1) is 0 Å². The first-order valence-corrected chi connectivity index (χ1v) is 7.83. The van der Waals surface area contributed by atoms with E-state index in [0.29, 0.717) is 0 Å². The van der Waals surface area contributed by atoms with Gasteiger partial charge in [-0.15, -0.1) is 11.3 Å². The van der Waals surface area contributed by atoms with Crippen molar-refractivity contribution in [3.05, 3.63) is 11.1 Å². The molecule has 0 amide bonds. The minimum atomic E-state index is 1.01.